The standard InChI is InChI=1S/C17H29N3S/c1-4-18-13-9-7-11-15-16(13)19-17(21-15)20(3)14-10-6-5-8-12(14)2/h12-14,18H,4-11H2,1-3H3. The second-order valence-electron chi connectivity index (χ2n) is 6.75. The van der Waals surface area contributed by atoms with Gasteiger partial charge in [0.15, 0.2) is 5.13 Å². The van der Waals surface area contributed by atoms with Gasteiger partial charge in [-0.1, -0.05) is 26.7 Å². The first-order valence-electron chi connectivity index (χ1n) is 8.66. The highest BCUT2D eigenvalue weighted by Gasteiger charge is 2.29. The van der Waals surface area contributed by atoms with Crippen LogP contribution < -0.4 is 10.2 Å². The molecule has 1 heterocycles. The van der Waals surface area contributed by atoms with E-state index in [1.807, 2.05) is 11.3 Å². The molecule has 3 rings (SSSR count). The summed E-state index contributed by atoms with van der Waals surface area (Å²) in [7, 11) is 2.26. The van der Waals surface area contributed by atoms with Crippen molar-refractivity contribution in [2.45, 2.75) is 70.9 Å². The van der Waals surface area contributed by atoms with Gasteiger partial charge < -0.3 is 10.2 Å². The molecule has 2 aliphatic carbocycles. The van der Waals surface area contributed by atoms with Crippen molar-refractivity contribution in [2.75, 3.05) is 18.5 Å². The zero-order valence-electron chi connectivity index (χ0n) is 13.7. The average Bonchev–Trinajstić information content (AvgIpc) is 2.92. The number of nitrogens with zero attached hydrogens (tertiary/aromatic N) is 2. The van der Waals surface area contributed by atoms with Gasteiger partial charge in [-0.15, -0.1) is 11.3 Å². The molecular formula is C17H29N3S. The molecule has 0 radical (unpaired) electrons. The van der Waals surface area contributed by atoms with E-state index in [4.69, 9.17) is 4.98 Å². The molecule has 2 aliphatic rings. The molecule has 0 aromatic carbocycles. The van der Waals surface area contributed by atoms with Crippen molar-refractivity contribution in [3.05, 3.63) is 10.6 Å². The summed E-state index contributed by atoms with van der Waals surface area (Å²) in [5.74, 6) is 0.800. The van der Waals surface area contributed by atoms with Crippen molar-refractivity contribution in [1.29, 1.82) is 0 Å². The molecular weight excluding hydrogens is 278 g/mol. The SMILES string of the molecule is CCNC1CCCc2sc(N(C)C3CCCCC3C)nc21. The second kappa shape index (κ2) is 6.66. The van der Waals surface area contributed by atoms with Gasteiger partial charge in [0.1, 0.15) is 0 Å². The predicted octanol–water partition coefficient (Wildman–Crippen LogP) is 4.14. The van der Waals surface area contributed by atoms with Crippen molar-refractivity contribution in [3.8, 4) is 0 Å². The Bertz CT molecular complexity index is 471. The summed E-state index contributed by atoms with van der Waals surface area (Å²) in [5, 5.41) is 4.86. The fourth-order valence-electron chi connectivity index (χ4n) is 4.02. The van der Waals surface area contributed by atoms with Crippen molar-refractivity contribution in [2.24, 2.45) is 5.92 Å². The second-order valence-corrected chi connectivity index (χ2v) is 7.81. The molecule has 1 saturated carbocycles. The van der Waals surface area contributed by atoms with E-state index in [9.17, 15) is 0 Å². The van der Waals surface area contributed by atoms with E-state index in [0.29, 0.717) is 12.1 Å². The number of hydrogen-bond donors (Lipinski definition) is 1. The van der Waals surface area contributed by atoms with Crippen LogP contribution in [-0.2, 0) is 6.42 Å². The van der Waals surface area contributed by atoms with Gasteiger partial charge in [0.25, 0.3) is 0 Å². The summed E-state index contributed by atoms with van der Waals surface area (Å²) in [4.78, 5) is 9.05. The summed E-state index contributed by atoms with van der Waals surface area (Å²) in [6.45, 7) is 5.64. The van der Waals surface area contributed by atoms with Crippen molar-refractivity contribution in [3.63, 3.8) is 0 Å². The molecule has 21 heavy (non-hydrogen) atoms. The smallest absolute Gasteiger partial charge is 0.185 e. The lowest BCUT2D eigenvalue weighted by Gasteiger charge is -2.36. The monoisotopic (exact) mass is 307 g/mol. The van der Waals surface area contributed by atoms with Crippen LogP contribution in [0.15, 0.2) is 0 Å². The largest absolute Gasteiger partial charge is 0.348 e. The number of fused-ring (bicyclic) bond motifs is 1. The minimum absolute atomic E-state index is 0.487. The van der Waals surface area contributed by atoms with Crippen LogP contribution in [0.25, 0.3) is 0 Å². The molecule has 0 spiro atoms. The maximum atomic E-state index is 5.04. The van der Waals surface area contributed by atoms with Crippen molar-refractivity contribution < 1.29 is 0 Å². The summed E-state index contributed by atoms with van der Waals surface area (Å²) in [6.07, 6.45) is 9.26. The van der Waals surface area contributed by atoms with Gasteiger partial charge in [-0.2, -0.15) is 0 Å². The van der Waals surface area contributed by atoms with Gasteiger partial charge in [-0.3, -0.25) is 0 Å². The van der Waals surface area contributed by atoms with Crippen LogP contribution in [0.3, 0.4) is 0 Å². The Morgan fingerprint density at radius 1 is 1.24 bits per heavy atom. The fraction of sp³-hybridized carbons (Fsp3) is 0.824. The Hall–Kier alpha value is -0.610. The Labute approximate surface area is 133 Å². The molecule has 1 aromatic heterocycles. The van der Waals surface area contributed by atoms with Crippen LogP contribution in [0.5, 0.6) is 0 Å². The third-order valence-electron chi connectivity index (χ3n) is 5.26. The Balaban J connectivity index is 1.79. The maximum absolute atomic E-state index is 5.04. The number of aromatic nitrogens is 1. The molecule has 1 aromatic rings. The summed E-state index contributed by atoms with van der Waals surface area (Å²) in [6, 6.07) is 1.17. The first-order valence-corrected chi connectivity index (χ1v) is 9.48. The quantitative estimate of drug-likeness (QED) is 0.906. The lowest BCUT2D eigenvalue weighted by molar-refractivity contribution is 0.321. The van der Waals surface area contributed by atoms with Crippen molar-refractivity contribution >= 4 is 16.5 Å². The zero-order valence-corrected chi connectivity index (χ0v) is 14.5. The van der Waals surface area contributed by atoms with E-state index < -0.39 is 0 Å². The molecule has 0 bridgehead atoms. The normalized spacial score (nSPS) is 29.2. The van der Waals surface area contributed by atoms with Gasteiger partial charge in [0.2, 0.25) is 0 Å². The van der Waals surface area contributed by atoms with Crippen LogP contribution in [0.4, 0.5) is 5.13 Å². The first-order chi connectivity index (χ1) is 10.2. The van der Waals surface area contributed by atoms with Gasteiger partial charge >= 0.3 is 0 Å². The fourth-order valence-corrected chi connectivity index (χ4v) is 5.20. The molecule has 118 valence electrons. The van der Waals surface area contributed by atoms with E-state index in [1.54, 1.807) is 0 Å². The molecule has 0 amide bonds. The Morgan fingerprint density at radius 3 is 2.81 bits per heavy atom. The molecule has 1 fully saturated rings. The van der Waals surface area contributed by atoms with Gasteiger partial charge in [-0.05, 0) is 44.6 Å². The third kappa shape index (κ3) is 3.11. The van der Waals surface area contributed by atoms with Gasteiger partial charge in [0.05, 0.1) is 11.7 Å². The molecule has 3 nitrogen and oxygen atoms in total. The van der Waals surface area contributed by atoms with Crippen LogP contribution in [-0.4, -0.2) is 24.6 Å². The van der Waals surface area contributed by atoms with E-state index in [2.05, 4.69) is 31.1 Å². The van der Waals surface area contributed by atoms with E-state index >= 15 is 0 Å². The van der Waals surface area contributed by atoms with E-state index in [-0.39, 0.29) is 0 Å². The summed E-state index contributed by atoms with van der Waals surface area (Å²) >= 11 is 1.94. The van der Waals surface area contributed by atoms with Gasteiger partial charge in [-0.25, -0.2) is 4.98 Å². The average molecular weight is 308 g/mol. The Kier molecular flexibility index (Phi) is 4.85. The summed E-state index contributed by atoms with van der Waals surface area (Å²) < 4.78 is 0. The lowest BCUT2D eigenvalue weighted by atomic mass is 9.85. The topological polar surface area (TPSA) is 28.2 Å². The maximum Gasteiger partial charge on any atom is 0.185 e. The number of rotatable bonds is 4. The highest BCUT2D eigenvalue weighted by Crippen LogP contribution is 2.38. The molecule has 3 atom stereocenters. The van der Waals surface area contributed by atoms with Crippen LogP contribution in [0.1, 0.15) is 69.0 Å². The molecule has 3 unspecified atom stereocenters. The number of anilines is 1. The minimum Gasteiger partial charge on any atom is -0.348 e. The number of thiazole rings is 1. The first kappa shape index (κ1) is 15.3. The molecule has 0 aliphatic heterocycles. The minimum atomic E-state index is 0.487. The number of hydrogen-bond acceptors (Lipinski definition) is 4. The molecule has 0 saturated heterocycles. The lowest BCUT2D eigenvalue weighted by Crippen LogP contribution is -2.39. The highest BCUT2D eigenvalue weighted by molar-refractivity contribution is 7.15. The molecule has 1 N–H and O–H groups in total. The van der Waals surface area contributed by atoms with Gasteiger partial charge in [0, 0.05) is 18.0 Å². The van der Waals surface area contributed by atoms with E-state index in [1.165, 1.54) is 60.6 Å². The van der Waals surface area contributed by atoms with Crippen LogP contribution in [0.2, 0.25) is 0 Å². The number of nitrogens with one attached hydrogen (secondary N) is 1. The zero-order chi connectivity index (χ0) is 14.8. The molecule has 4 heteroatoms. The number of aryl methyl sites for hydroxylation is 1. The third-order valence-corrected chi connectivity index (χ3v) is 6.48. The van der Waals surface area contributed by atoms with Crippen LogP contribution in [0, 0.1) is 5.92 Å². The van der Waals surface area contributed by atoms with E-state index in [0.717, 1.165) is 12.5 Å². The van der Waals surface area contributed by atoms with Crippen LogP contribution >= 0.6 is 11.3 Å². The Morgan fingerprint density at radius 2 is 2.05 bits per heavy atom. The van der Waals surface area contributed by atoms with Crippen molar-refractivity contribution in [1.82, 2.24) is 10.3 Å². The summed E-state index contributed by atoms with van der Waals surface area (Å²) in [5.41, 5.74) is 1.35. The predicted molar refractivity (Wildman–Crippen MR) is 91.3 cm³/mol. The highest BCUT2D eigenvalue weighted by atomic mass is 32.1.